The van der Waals surface area contributed by atoms with Gasteiger partial charge in [-0.15, -0.1) is 0 Å². The summed E-state index contributed by atoms with van der Waals surface area (Å²) < 4.78 is 0. The molecule has 0 atom stereocenters. The molecule has 1 N–H and O–H groups in total. The molecule has 2 saturated heterocycles. The molecule has 2 aliphatic rings. The lowest BCUT2D eigenvalue weighted by Gasteiger charge is -2.39. The molecular formula is C21H41N3O. The van der Waals surface area contributed by atoms with Crippen LogP contribution >= 0.6 is 0 Å². The van der Waals surface area contributed by atoms with Crippen LogP contribution < -0.4 is 5.32 Å². The van der Waals surface area contributed by atoms with Gasteiger partial charge in [0.15, 0.2) is 0 Å². The first-order chi connectivity index (χ1) is 11.5. The largest absolute Gasteiger partial charge is 0.342 e. The van der Waals surface area contributed by atoms with Gasteiger partial charge in [0, 0.05) is 31.1 Å². The zero-order valence-electron chi connectivity index (χ0n) is 17.5. The van der Waals surface area contributed by atoms with E-state index in [0.29, 0.717) is 11.3 Å². The molecule has 0 saturated carbocycles. The van der Waals surface area contributed by atoms with Gasteiger partial charge in [-0.05, 0) is 77.4 Å². The van der Waals surface area contributed by atoms with Crippen LogP contribution in [0.25, 0.3) is 0 Å². The molecule has 1 amide bonds. The highest BCUT2D eigenvalue weighted by Crippen LogP contribution is 2.25. The lowest BCUT2D eigenvalue weighted by atomic mass is 9.90. The molecule has 4 nitrogen and oxygen atoms in total. The molecule has 0 aromatic carbocycles. The Labute approximate surface area is 155 Å². The predicted molar refractivity (Wildman–Crippen MR) is 106 cm³/mol. The number of carbonyl (C=O) groups is 1. The number of carbonyl (C=O) groups excluding carboxylic acids is 1. The Bertz CT molecular complexity index is 419. The normalized spacial score (nSPS) is 22.4. The summed E-state index contributed by atoms with van der Waals surface area (Å²) in [4.78, 5) is 17.5. The molecule has 2 rings (SSSR count). The van der Waals surface area contributed by atoms with E-state index < -0.39 is 0 Å². The molecule has 0 radical (unpaired) electrons. The zero-order chi connectivity index (χ0) is 18.7. The molecule has 2 fully saturated rings. The average Bonchev–Trinajstić information content (AvgIpc) is 2.51. The molecule has 146 valence electrons. The minimum absolute atomic E-state index is 0.188. The van der Waals surface area contributed by atoms with Crippen molar-refractivity contribution in [1.29, 1.82) is 0 Å². The fourth-order valence-corrected chi connectivity index (χ4v) is 4.08. The van der Waals surface area contributed by atoms with Gasteiger partial charge in [0.25, 0.3) is 0 Å². The maximum atomic E-state index is 12.9. The third-order valence-electron chi connectivity index (χ3n) is 5.48. The van der Waals surface area contributed by atoms with Crippen molar-refractivity contribution < 1.29 is 4.79 Å². The van der Waals surface area contributed by atoms with Crippen LogP contribution in [0.15, 0.2) is 0 Å². The van der Waals surface area contributed by atoms with Crippen LogP contribution in [-0.2, 0) is 4.79 Å². The minimum Gasteiger partial charge on any atom is -0.342 e. The number of hydrogen-bond acceptors (Lipinski definition) is 3. The van der Waals surface area contributed by atoms with E-state index in [1.807, 2.05) is 0 Å². The number of rotatable bonds is 4. The van der Waals surface area contributed by atoms with Gasteiger partial charge in [-0.1, -0.05) is 20.8 Å². The monoisotopic (exact) mass is 351 g/mol. The lowest BCUT2D eigenvalue weighted by Crippen LogP contribution is -2.48. The molecule has 4 heteroatoms. The predicted octanol–water partition coefficient (Wildman–Crippen LogP) is 3.37. The molecule has 0 bridgehead atoms. The first-order valence-electron chi connectivity index (χ1n) is 10.3. The van der Waals surface area contributed by atoms with Crippen molar-refractivity contribution in [3.05, 3.63) is 0 Å². The molecule has 0 spiro atoms. The summed E-state index contributed by atoms with van der Waals surface area (Å²) in [5, 5.41) is 3.61. The molecule has 0 aromatic rings. The third kappa shape index (κ3) is 7.26. The molecule has 2 heterocycles. The van der Waals surface area contributed by atoms with Crippen molar-refractivity contribution in [3.63, 3.8) is 0 Å². The van der Waals surface area contributed by atoms with Crippen molar-refractivity contribution in [1.82, 2.24) is 15.1 Å². The number of piperidine rings is 2. The Kier molecular flexibility index (Phi) is 6.94. The van der Waals surface area contributed by atoms with Gasteiger partial charge in [0.05, 0.1) is 0 Å². The third-order valence-corrected chi connectivity index (χ3v) is 5.48. The highest BCUT2D eigenvalue weighted by atomic mass is 16.2. The van der Waals surface area contributed by atoms with E-state index in [0.717, 1.165) is 70.9 Å². The summed E-state index contributed by atoms with van der Waals surface area (Å²) in [6, 6.07) is 0. The molecule has 2 aliphatic heterocycles. The van der Waals surface area contributed by atoms with Gasteiger partial charge in [0.1, 0.15) is 0 Å². The van der Waals surface area contributed by atoms with E-state index in [-0.39, 0.29) is 11.5 Å². The van der Waals surface area contributed by atoms with E-state index in [1.54, 1.807) is 0 Å². The SMILES string of the molecule is CC(C)(C)CN1CCC(C(=O)N2CCC(CNC(C)(C)C)CC2)CC1. The highest BCUT2D eigenvalue weighted by Gasteiger charge is 2.31. The van der Waals surface area contributed by atoms with Crippen LogP contribution in [0.4, 0.5) is 0 Å². The minimum atomic E-state index is 0.188. The number of amides is 1. The smallest absolute Gasteiger partial charge is 0.225 e. The van der Waals surface area contributed by atoms with Crippen LogP contribution in [-0.4, -0.2) is 60.5 Å². The Balaban J connectivity index is 1.71. The standard InChI is InChI=1S/C21H41N3O/c1-20(2,3)16-23-11-9-18(10-12-23)19(25)24-13-7-17(8-14-24)15-22-21(4,5)6/h17-18,22H,7-16H2,1-6H3. The van der Waals surface area contributed by atoms with Gasteiger partial charge in [-0.2, -0.15) is 0 Å². The fraction of sp³-hybridized carbons (Fsp3) is 0.952. The Morgan fingerprint density at radius 3 is 1.96 bits per heavy atom. The van der Waals surface area contributed by atoms with E-state index in [1.165, 1.54) is 0 Å². The first-order valence-corrected chi connectivity index (χ1v) is 10.3. The van der Waals surface area contributed by atoms with E-state index >= 15 is 0 Å². The van der Waals surface area contributed by atoms with Gasteiger partial charge < -0.3 is 15.1 Å². The van der Waals surface area contributed by atoms with Gasteiger partial charge >= 0.3 is 0 Å². The van der Waals surface area contributed by atoms with Gasteiger partial charge in [-0.3, -0.25) is 4.79 Å². The van der Waals surface area contributed by atoms with Gasteiger partial charge in [-0.25, -0.2) is 0 Å². The van der Waals surface area contributed by atoms with Crippen LogP contribution in [0.3, 0.4) is 0 Å². The van der Waals surface area contributed by atoms with Crippen LogP contribution in [0.1, 0.15) is 67.2 Å². The van der Waals surface area contributed by atoms with Crippen LogP contribution in [0, 0.1) is 17.3 Å². The molecule has 0 aromatic heterocycles. The number of likely N-dealkylation sites (tertiary alicyclic amines) is 2. The van der Waals surface area contributed by atoms with Crippen molar-refractivity contribution in [2.45, 2.75) is 72.8 Å². The van der Waals surface area contributed by atoms with Crippen LogP contribution in [0.2, 0.25) is 0 Å². The van der Waals surface area contributed by atoms with Crippen molar-refractivity contribution in [3.8, 4) is 0 Å². The maximum Gasteiger partial charge on any atom is 0.225 e. The van der Waals surface area contributed by atoms with Crippen LogP contribution in [0.5, 0.6) is 0 Å². The summed E-state index contributed by atoms with van der Waals surface area (Å²) in [5.41, 5.74) is 0.536. The highest BCUT2D eigenvalue weighted by molar-refractivity contribution is 5.79. The number of nitrogens with zero attached hydrogens (tertiary/aromatic N) is 2. The number of nitrogens with one attached hydrogen (secondary N) is 1. The maximum absolute atomic E-state index is 12.9. The average molecular weight is 352 g/mol. The zero-order valence-corrected chi connectivity index (χ0v) is 17.5. The van der Waals surface area contributed by atoms with E-state index in [4.69, 9.17) is 0 Å². The van der Waals surface area contributed by atoms with Crippen molar-refractivity contribution >= 4 is 5.91 Å². The molecule has 25 heavy (non-hydrogen) atoms. The Hall–Kier alpha value is -0.610. The number of hydrogen-bond donors (Lipinski definition) is 1. The summed E-state index contributed by atoms with van der Waals surface area (Å²) in [5.74, 6) is 1.41. The second-order valence-electron chi connectivity index (χ2n) is 10.5. The Morgan fingerprint density at radius 1 is 0.920 bits per heavy atom. The summed E-state index contributed by atoms with van der Waals surface area (Å²) in [7, 11) is 0. The van der Waals surface area contributed by atoms with Crippen molar-refractivity contribution in [2.24, 2.45) is 17.3 Å². The summed E-state index contributed by atoms with van der Waals surface area (Å²) >= 11 is 0. The molecular weight excluding hydrogens is 310 g/mol. The topological polar surface area (TPSA) is 35.6 Å². The summed E-state index contributed by atoms with van der Waals surface area (Å²) in [6.07, 6.45) is 4.39. The fourth-order valence-electron chi connectivity index (χ4n) is 4.08. The first kappa shape index (κ1) is 20.7. The molecule has 0 aliphatic carbocycles. The van der Waals surface area contributed by atoms with Gasteiger partial charge in [0.2, 0.25) is 5.91 Å². The Morgan fingerprint density at radius 2 is 1.48 bits per heavy atom. The quantitative estimate of drug-likeness (QED) is 0.843. The van der Waals surface area contributed by atoms with E-state index in [9.17, 15) is 4.79 Å². The second-order valence-corrected chi connectivity index (χ2v) is 10.5. The lowest BCUT2D eigenvalue weighted by molar-refractivity contribution is -0.138. The van der Waals surface area contributed by atoms with E-state index in [2.05, 4.69) is 56.7 Å². The second kappa shape index (κ2) is 8.39. The summed E-state index contributed by atoms with van der Waals surface area (Å²) in [6.45, 7) is 19.8. The van der Waals surface area contributed by atoms with Crippen molar-refractivity contribution in [2.75, 3.05) is 39.3 Å². The molecule has 0 unspecified atom stereocenters.